The highest BCUT2D eigenvalue weighted by Crippen LogP contribution is 2.46. The Labute approximate surface area is 176 Å². The molecular formula is C19H24F3N7S. The number of nitrogens with zero attached hydrogens (tertiary/aromatic N) is 4. The molecular weight excluding hydrogens is 415 g/mol. The highest BCUT2D eigenvalue weighted by atomic mass is 32.2. The van der Waals surface area contributed by atoms with E-state index in [0.717, 1.165) is 44.1 Å². The summed E-state index contributed by atoms with van der Waals surface area (Å²) in [5.74, 6) is 0.130. The summed E-state index contributed by atoms with van der Waals surface area (Å²) < 4.78 is 40.1. The summed E-state index contributed by atoms with van der Waals surface area (Å²) in [4.78, 5) is 14.2. The fourth-order valence-corrected chi connectivity index (χ4v) is 5.43. The van der Waals surface area contributed by atoms with Crippen LogP contribution in [0.1, 0.15) is 37.7 Å². The van der Waals surface area contributed by atoms with Crippen LogP contribution in [0.15, 0.2) is 28.4 Å². The third-order valence-corrected chi connectivity index (χ3v) is 7.31. The SMILES string of the molecule is Nc1nc(N2CCC3(CCC[C@H]3N)CC2)cnc1Sc1ccnc(N)c1C(F)(F)F. The molecule has 0 aromatic carbocycles. The predicted molar refractivity (Wildman–Crippen MR) is 110 cm³/mol. The summed E-state index contributed by atoms with van der Waals surface area (Å²) in [5, 5.41) is 0.196. The molecule has 1 spiro atoms. The first-order valence-electron chi connectivity index (χ1n) is 9.82. The molecule has 0 amide bonds. The lowest BCUT2D eigenvalue weighted by Gasteiger charge is -2.42. The Hall–Kier alpha value is -2.27. The first-order valence-corrected chi connectivity index (χ1v) is 10.6. The van der Waals surface area contributed by atoms with Crippen LogP contribution in [-0.4, -0.2) is 34.1 Å². The number of nitrogens with two attached hydrogens (primary N) is 3. The van der Waals surface area contributed by atoms with Crippen LogP contribution in [0.5, 0.6) is 0 Å². The topological polar surface area (TPSA) is 120 Å². The largest absolute Gasteiger partial charge is 0.421 e. The number of rotatable bonds is 3. The molecule has 1 saturated carbocycles. The maximum absolute atomic E-state index is 13.4. The van der Waals surface area contributed by atoms with E-state index >= 15 is 0 Å². The van der Waals surface area contributed by atoms with Crippen LogP contribution in [0.3, 0.4) is 0 Å². The van der Waals surface area contributed by atoms with Crippen molar-refractivity contribution in [2.75, 3.05) is 29.5 Å². The van der Waals surface area contributed by atoms with Crippen molar-refractivity contribution in [1.82, 2.24) is 15.0 Å². The van der Waals surface area contributed by atoms with Crippen LogP contribution in [0.25, 0.3) is 0 Å². The second-order valence-electron chi connectivity index (χ2n) is 7.94. The van der Waals surface area contributed by atoms with Crippen LogP contribution in [0, 0.1) is 5.41 Å². The molecule has 4 rings (SSSR count). The van der Waals surface area contributed by atoms with Gasteiger partial charge in [0.15, 0.2) is 5.82 Å². The minimum Gasteiger partial charge on any atom is -0.383 e. The third kappa shape index (κ3) is 3.87. The lowest BCUT2D eigenvalue weighted by molar-refractivity contribution is -0.139. The Morgan fingerprint density at radius 3 is 2.43 bits per heavy atom. The summed E-state index contributed by atoms with van der Waals surface area (Å²) in [6.07, 6.45) is 3.58. The van der Waals surface area contributed by atoms with Crippen molar-refractivity contribution in [3.8, 4) is 0 Å². The summed E-state index contributed by atoms with van der Waals surface area (Å²) in [7, 11) is 0. The molecule has 0 bridgehead atoms. The van der Waals surface area contributed by atoms with E-state index in [4.69, 9.17) is 17.2 Å². The summed E-state index contributed by atoms with van der Waals surface area (Å²) >= 11 is 0.779. The minimum atomic E-state index is -4.63. The molecule has 2 aliphatic rings. The maximum atomic E-state index is 13.4. The van der Waals surface area contributed by atoms with Crippen molar-refractivity contribution in [1.29, 1.82) is 0 Å². The van der Waals surface area contributed by atoms with Gasteiger partial charge in [0.25, 0.3) is 0 Å². The molecule has 1 aliphatic carbocycles. The number of piperidine rings is 1. The van der Waals surface area contributed by atoms with E-state index in [-0.39, 0.29) is 27.2 Å². The van der Waals surface area contributed by atoms with Crippen molar-refractivity contribution >= 4 is 29.2 Å². The highest BCUT2D eigenvalue weighted by molar-refractivity contribution is 7.99. The van der Waals surface area contributed by atoms with E-state index in [1.807, 2.05) is 0 Å². The maximum Gasteiger partial charge on any atom is 0.421 e. The van der Waals surface area contributed by atoms with Gasteiger partial charge in [0.1, 0.15) is 22.2 Å². The second kappa shape index (κ2) is 7.77. The number of halogens is 3. The zero-order valence-electron chi connectivity index (χ0n) is 16.3. The summed E-state index contributed by atoms with van der Waals surface area (Å²) in [6, 6.07) is 1.50. The van der Waals surface area contributed by atoms with Gasteiger partial charge in [0.2, 0.25) is 0 Å². The van der Waals surface area contributed by atoms with Gasteiger partial charge in [-0.25, -0.2) is 15.0 Å². The first-order chi connectivity index (χ1) is 14.2. The summed E-state index contributed by atoms with van der Waals surface area (Å²) in [6.45, 7) is 1.63. The molecule has 7 nitrogen and oxygen atoms in total. The van der Waals surface area contributed by atoms with Gasteiger partial charge in [-0.3, -0.25) is 0 Å². The highest BCUT2D eigenvalue weighted by Gasteiger charge is 2.43. The van der Waals surface area contributed by atoms with Crippen molar-refractivity contribution in [2.24, 2.45) is 11.1 Å². The van der Waals surface area contributed by atoms with E-state index in [0.29, 0.717) is 5.82 Å². The monoisotopic (exact) mass is 439 g/mol. The molecule has 2 aromatic heterocycles. The molecule has 1 aliphatic heterocycles. The Balaban J connectivity index is 1.51. The fraction of sp³-hybridized carbons (Fsp3) is 0.526. The molecule has 11 heteroatoms. The van der Waals surface area contributed by atoms with E-state index in [2.05, 4.69) is 19.9 Å². The van der Waals surface area contributed by atoms with Crippen LogP contribution in [0.2, 0.25) is 0 Å². The van der Waals surface area contributed by atoms with Crippen molar-refractivity contribution in [2.45, 2.75) is 54.2 Å². The predicted octanol–water partition coefficient (Wildman–Crippen LogP) is 3.30. The van der Waals surface area contributed by atoms with Crippen LogP contribution in [-0.2, 0) is 6.18 Å². The number of hydrogen-bond donors (Lipinski definition) is 3. The van der Waals surface area contributed by atoms with Gasteiger partial charge < -0.3 is 22.1 Å². The zero-order chi connectivity index (χ0) is 21.5. The molecule has 6 N–H and O–H groups in total. The van der Waals surface area contributed by atoms with Crippen molar-refractivity contribution in [3.05, 3.63) is 24.0 Å². The van der Waals surface area contributed by atoms with E-state index < -0.39 is 17.6 Å². The Morgan fingerprint density at radius 1 is 1.10 bits per heavy atom. The number of nitrogen functional groups attached to an aromatic ring is 2. The van der Waals surface area contributed by atoms with Crippen LogP contribution >= 0.6 is 11.8 Å². The Morgan fingerprint density at radius 2 is 1.83 bits per heavy atom. The number of aromatic nitrogens is 3. The third-order valence-electron chi connectivity index (χ3n) is 6.24. The molecule has 0 unspecified atom stereocenters. The Kier molecular flexibility index (Phi) is 5.43. The zero-order valence-corrected chi connectivity index (χ0v) is 17.1. The van der Waals surface area contributed by atoms with Gasteiger partial charge in [-0.15, -0.1) is 0 Å². The quantitative estimate of drug-likeness (QED) is 0.666. The molecule has 162 valence electrons. The normalized spacial score (nSPS) is 21.3. The van der Waals surface area contributed by atoms with E-state index in [1.165, 1.54) is 25.1 Å². The van der Waals surface area contributed by atoms with Gasteiger partial charge in [-0.2, -0.15) is 13.2 Å². The lowest BCUT2D eigenvalue weighted by Crippen LogP contribution is -2.47. The number of pyridine rings is 1. The van der Waals surface area contributed by atoms with E-state index in [1.54, 1.807) is 6.20 Å². The molecule has 2 aromatic rings. The summed E-state index contributed by atoms with van der Waals surface area (Å²) in [5.41, 5.74) is 17.1. The number of hydrogen-bond acceptors (Lipinski definition) is 8. The standard InChI is InChI=1S/C19H24F3N7S/c20-19(21,22)14-11(3-7-26-15(14)24)30-17-16(25)28-13(10-27-17)29-8-5-18(6-9-29)4-1-2-12(18)23/h3,7,10,12H,1-2,4-6,8-9,23H2,(H2,24,26)(H2,25,28)/t12-/m1/s1. The van der Waals surface area contributed by atoms with Gasteiger partial charge in [0, 0.05) is 30.2 Å². The van der Waals surface area contributed by atoms with Crippen LogP contribution in [0.4, 0.5) is 30.6 Å². The molecule has 3 heterocycles. The van der Waals surface area contributed by atoms with Gasteiger partial charge in [-0.05, 0) is 37.2 Å². The van der Waals surface area contributed by atoms with Crippen LogP contribution < -0.4 is 22.1 Å². The van der Waals surface area contributed by atoms with Crippen molar-refractivity contribution < 1.29 is 13.2 Å². The molecule has 1 atom stereocenters. The average Bonchev–Trinajstić information content (AvgIpc) is 3.03. The second-order valence-corrected chi connectivity index (χ2v) is 8.97. The number of anilines is 3. The fourth-order valence-electron chi connectivity index (χ4n) is 4.51. The molecule has 2 fully saturated rings. The molecule has 30 heavy (non-hydrogen) atoms. The lowest BCUT2D eigenvalue weighted by atomic mass is 9.74. The smallest absolute Gasteiger partial charge is 0.383 e. The van der Waals surface area contributed by atoms with Gasteiger partial charge >= 0.3 is 6.18 Å². The first kappa shape index (κ1) is 21.0. The van der Waals surface area contributed by atoms with E-state index in [9.17, 15) is 13.2 Å². The average molecular weight is 440 g/mol. The Bertz CT molecular complexity index is 929. The van der Waals surface area contributed by atoms with Gasteiger partial charge in [0.05, 0.1) is 6.20 Å². The van der Waals surface area contributed by atoms with Gasteiger partial charge in [-0.1, -0.05) is 18.2 Å². The molecule has 0 radical (unpaired) electrons. The minimum absolute atomic E-state index is 0.0823. The molecule has 1 saturated heterocycles. The van der Waals surface area contributed by atoms with Crippen molar-refractivity contribution in [3.63, 3.8) is 0 Å². The number of alkyl halides is 3.